The minimum absolute atomic E-state index is 0.0186. The second-order valence-corrected chi connectivity index (χ2v) is 6.03. The SMILES string of the molecule is O=C(O)c1cnn(-c2nc3cc(-c4cccs4)ccc3c(=O)[nH]2)c1. The molecule has 0 aliphatic rings. The smallest absolute Gasteiger partial charge is 0.338 e. The number of nitrogens with one attached hydrogen (secondary N) is 1. The van der Waals surface area contributed by atoms with Crippen LogP contribution in [0.15, 0.2) is 52.9 Å². The van der Waals surface area contributed by atoms with E-state index in [9.17, 15) is 9.59 Å². The lowest BCUT2D eigenvalue weighted by molar-refractivity contribution is 0.0697. The third kappa shape index (κ3) is 2.38. The first-order valence-corrected chi connectivity index (χ1v) is 7.86. The molecular formula is C16H10N4O3S. The number of fused-ring (bicyclic) bond motifs is 1. The van der Waals surface area contributed by atoms with E-state index in [0.717, 1.165) is 10.4 Å². The van der Waals surface area contributed by atoms with Crippen molar-refractivity contribution in [3.8, 4) is 16.4 Å². The molecule has 0 bridgehead atoms. The Hall–Kier alpha value is -3.26. The Kier molecular flexibility index (Phi) is 3.24. The van der Waals surface area contributed by atoms with Crippen LogP contribution in [0.3, 0.4) is 0 Å². The first-order valence-electron chi connectivity index (χ1n) is 6.98. The van der Waals surface area contributed by atoms with E-state index in [-0.39, 0.29) is 17.1 Å². The van der Waals surface area contributed by atoms with Crippen molar-refractivity contribution < 1.29 is 9.90 Å². The van der Waals surface area contributed by atoms with Gasteiger partial charge in [0.15, 0.2) is 0 Å². The Morgan fingerprint density at radius 1 is 1.29 bits per heavy atom. The zero-order valence-corrected chi connectivity index (χ0v) is 12.9. The molecule has 1 aromatic carbocycles. The van der Waals surface area contributed by atoms with Gasteiger partial charge in [-0.05, 0) is 29.1 Å². The average Bonchev–Trinajstić information content (AvgIpc) is 3.26. The standard InChI is InChI=1S/C16H10N4O3S/c21-14-11-4-3-9(13-2-1-5-24-13)6-12(11)18-16(19-14)20-8-10(7-17-20)15(22)23/h1-8H,(H,22,23)(H,18,19,21). The monoisotopic (exact) mass is 338 g/mol. The van der Waals surface area contributed by atoms with Gasteiger partial charge in [0, 0.05) is 11.1 Å². The number of rotatable bonds is 3. The lowest BCUT2D eigenvalue weighted by Crippen LogP contribution is -2.13. The zero-order chi connectivity index (χ0) is 16.7. The molecule has 8 heteroatoms. The van der Waals surface area contributed by atoms with Crippen LogP contribution in [0.2, 0.25) is 0 Å². The van der Waals surface area contributed by atoms with Gasteiger partial charge in [-0.25, -0.2) is 14.5 Å². The van der Waals surface area contributed by atoms with Gasteiger partial charge in [-0.3, -0.25) is 9.78 Å². The van der Waals surface area contributed by atoms with E-state index in [0.29, 0.717) is 10.9 Å². The molecule has 0 saturated carbocycles. The summed E-state index contributed by atoms with van der Waals surface area (Å²) in [5, 5.41) is 15.3. The van der Waals surface area contributed by atoms with Gasteiger partial charge >= 0.3 is 5.97 Å². The number of carboxylic acids is 1. The number of aromatic amines is 1. The molecule has 2 N–H and O–H groups in total. The molecule has 4 aromatic rings. The Balaban J connectivity index is 1.88. The van der Waals surface area contributed by atoms with E-state index in [4.69, 9.17) is 5.11 Å². The quantitative estimate of drug-likeness (QED) is 0.598. The number of nitrogens with zero attached hydrogens (tertiary/aromatic N) is 3. The largest absolute Gasteiger partial charge is 0.478 e. The second kappa shape index (κ2) is 5.43. The van der Waals surface area contributed by atoms with Crippen molar-refractivity contribution >= 4 is 28.2 Å². The van der Waals surface area contributed by atoms with Gasteiger partial charge in [0.1, 0.15) is 0 Å². The lowest BCUT2D eigenvalue weighted by atomic mass is 10.1. The van der Waals surface area contributed by atoms with Crippen LogP contribution in [0.5, 0.6) is 0 Å². The number of aromatic nitrogens is 4. The molecule has 0 radical (unpaired) electrons. The predicted molar refractivity (Wildman–Crippen MR) is 89.8 cm³/mol. The number of aromatic carboxylic acids is 1. The van der Waals surface area contributed by atoms with Crippen LogP contribution in [0, 0.1) is 0 Å². The fourth-order valence-corrected chi connectivity index (χ4v) is 3.10. The molecular weight excluding hydrogens is 328 g/mol. The molecule has 118 valence electrons. The predicted octanol–water partition coefficient (Wildman–Crippen LogP) is 2.54. The Labute approximate surface area is 138 Å². The summed E-state index contributed by atoms with van der Waals surface area (Å²) in [4.78, 5) is 31.3. The molecule has 0 spiro atoms. The molecule has 3 aromatic heterocycles. The fraction of sp³-hybridized carbons (Fsp3) is 0. The van der Waals surface area contributed by atoms with Crippen LogP contribution in [0.25, 0.3) is 27.3 Å². The highest BCUT2D eigenvalue weighted by Gasteiger charge is 2.11. The van der Waals surface area contributed by atoms with E-state index in [1.54, 1.807) is 17.4 Å². The highest BCUT2D eigenvalue weighted by atomic mass is 32.1. The molecule has 0 atom stereocenters. The summed E-state index contributed by atoms with van der Waals surface area (Å²) >= 11 is 1.60. The van der Waals surface area contributed by atoms with E-state index >= 15 is 0 Å². The first kappa shape index (κ1) is 14.3. The summed E-state index contributed by atoms with van der Waals surface area (Å²) in [5.74, 6) is -0.923. The molecule has 0 aliphatic heterocycles. The van der Waals surface area contributed by atoms with Gasteiger partial charge < -0.3 is 5.11 Å². The molecule has 0 saturated heterocycles. The van der Waals surface area contributed by atoms with E-state index in [1.165, 1.54) is 17.1 Å². The van der Waals surface area contributed by atoms with Crippen molar-refractivity contribution in [2.24, 2.45) is 0 Å². The van der Waals surface area contributed by atoms with Gasteiger partial charge in [0.05, 0.1) is 22.7 Å². The van der Waals surface area contributed by atoms with Crippen LogP contribution >= 0.6 is 11.3 Å². The summed E-state index contributed by atoms with van der Waals surface area (Å²) in [6.45, 7) is 0. The van der Waals surface area contributed by atoms with Gasteiger partial charge in [-0.15, -0.1) is 11.3 Å². The van der Waals surface area contributed by atoms with Gasteiger partial charge in [-0.1, -0.05) is 12.1 Å². The number of carboxylic acid groups (broad SMARTS) is 1. The number of hydrogen-bond acceptors (Lipinski definition) is 5. The average molecular weight is 338 g/mol. The lowest BCUT2D eigenvalue weighted by Gasteiger charge is -2.04. The summed E-state index contributed by atoms with van der Waals surface area (Å²) in [6, 6.07) is 9.39. The number of hydrogen-bond donors (Lipinski definition) is 2. The normalized spacial score (nSPS) is 11.0. The van der Waals surface area contributed by atoms with Crippen molar-refractivity contribution in [3.05, 3.63) is 64.0 Å². The minimum Gasteiger partial charge on any atom is -0.478 e. The van der Waals surface area contributed by atoms with Crippen LogP contribution in [-0.2, 0) is 0 Å². The molecule has 24 heavy (non-hydrogen) atoms. The number of thiophene rings is 1. The zero-order valence-electron chi connectivity index (χ0n) is 12.1. The van der Waals surface area contributed by atoms with Crippen molar-refractivity contribution in [3.63, 3.8) is 0 Å². The Bertz CT molecular complexity index is 1110. The topological polar surface area (TPSA) is 101 Å². The third-order valence-electron chi connectivity index (χ3n) is 3.55. The van der Waals surface area contributed by atoms with Crippen molar-refractivity contribution in [2.45, 2.75) is 0 Å². The Morgan fingerprint density at radius 3 is 2.88 bits per heavy atom. The highest BCUT2D eigenvalue weighted by molar-refractivity contribution is 7.13. The number of carbonyl (C=O) groups is 1. The molecule has 4 rings (SSSR count). The first-order chi connectivity index (χ1) is 11.6. The van der Waals surface area contributed by atoms with Crippen molar-refractivity contribution in [1.82, 2.24) is 19.7 Å². The molecule has 0 amide bonds. The molecule has 0 aliphatic carbocycles. The molecule has 3 heterocycles. The summed E-state index contributed by atoms with van der Waals surface area (Å²) in [7, 11) is 0. The maximum atomic E-state index is 12.3. The van der Waals surface area contributed by atoms with Gasteiger partial charge in [0.25, 0.3) is 5.56 Å². The minimum atomic E-state index is -1.09. The van der Waals surface area contributed by atoms with Crippen molar-refractivity contribution in [2.75, 3.05) is 0 Å². The van der Waals surface area contributed by atoms with Gasteiger partial charge in [-0.2, -0.15) is 5.10 Å². The van der Waals surface area contributed by atoms with Crippen molar-refractivity contribution in [1.29, 1.82) is 0 Å². The maximum absolute atomic E-state index is 12.3. The van der Waals surface area contributed by atoms with Crippen LogP contribution in [0.1, 0.15) is 10.4 Å². The van der Waals surface area contributed by atoms with E-state index in [1.807, 2.05) is 29.6 Å². The van der Waals surface area contributed by atoms with Crippen LogP contribution in [-0.4, -0.2) is 30.8 Å². The molecule has 0 unspecified atom stereocenters. The van der Waals surface area contributed by atoms with E-state index < -0.39 is 5.97 Å². The highest BCUT2D eigenvalue weighted by Crippen LogP contribution is 2.26. The summed E-state index contributed by atoms with van der Waals surface area (Å²) < 4.78 is 1.24. The van der Waals surface area contributed by atoms with E-state index in [2.05, 4.69) is 15.1 Å². The number of benzene rings is 1. The summed E-state index contributed by atoms with van der Waals surface area (Å²) in [5.41, 5.74) is 1.20. The fourth-order valence-electron chi connectivity index (χ4n) is 2.38. The molecule has 0 fully saturated rings. The van der Waals surface area contributed by atoms with Gasteiger partial charge in [0.2, 0.25) is 5.95 Å². The number of H-pyrrole nitrogens is 1. The third-order valence-corrected chi connectivity index (χ3v) is 4.47. The summed E-state index contributed by atoms with van der Waals surface area (Å²) in [6.07, 6.45) is 2.50. The second-order valence-electron chi connectivity index (χ2n) is 5.08. The maximum Gasteiger partial charge on any atom is 0.338 e. The van der Waals surface area contributed by atoms with Crippen LogP contribution in [0.4, 0.5) is 0 Å². The Morgan fingerprint density at radius 2 is 2.17 bits per heavy atom. The molecule has 7 nitrogen and oxygen atoms in total. The van der Waals surface area contributed by atoms with Crippen LogP contribution < -0.4 is 5.56 Å².